The number of hydrogen-bond acceptors (Lipinski definition) is 2. The van der Waals surface area contributed by atoms with E-state index in [-0.39, 0.29) is 11.3 Å². The van der Waals surface area contributed by atoms with Crippen LogP contribution < -0.4 is 4.72 Å². The lowest BCUT2D eigenvalue weighted by Gasteiger charge is -2.31. The zero-order valence-corrected chi connectivity index (χ0v) is 7.94. The molecule has 2 aliphatic carbocycles. The fourth-order valence-corrected chi connectivity index (χ4v) is 3.38. The molecule has 2 saturated carbocycles. The first-order valence-electron chi connectivity index (χ1n) is 4.69. The lowest BCUT2D eigenvalue weighted by Crippen LogP contribution is -2.46. The van der Waals surface area contributed by atoms with Crippen molar-refractivity contribution in [2.45, 2.75) is 49.8 Å². The standard InChI is InChI=1S/C8H15NO2S/c10-12(11,8-5-2-6-8)9-7-3-1-4-7/h7-9H,1-6H2. The third kappa shape index (κ3) is 1.50. The third-order valence-corrected chi connectivity index (χ3v) is 4.94. The summed E-state index contributed by atoms with van der Waals surface area (Å²) < 4.78 is 25.8. The molecule has 0 spiro atoms. The molecule has 0 radical (unpaired) electrons. The fourth-order valence-electron chi connectivity index (χ4n) is 1.54. The summed E-state index contributed by atoms with van der Waals surface area (Å²) in [6.07, 6.45) is 6.05. The highest BCUT2D eigenvalue weighted by Gasteiger charge is 2.33. The molecule has 0 unspecified atom stereocenters. The van der Waals surface area contributed by atoms with Crippen molar-refractivity contribution >= 4 is 10.0 Å². The first-order chi connectivity index (χ1) is 5.68. The molecule has 12 heavy (non-hydrogen) atoms. The Balaban J connectivity index is 1.90. The van der Waals surface area contributed by atoms with Crippen LogP contribution in [0.1, 0.15) is 38.5 Å². The van der Waals surface area contributed by atoms with E-state index < -0.39 is 10.0 Å². The second kappa shape index (κ2) is 3.00. The van der Waals surface area contributed by atoms with Crippen LogP contribution >= 0.6 is 0 Å². The average Bonchev–Trinajstić information content (AvgIpc) is 1.73. The van der Waals surface area contributed by atoms with Gasteiger partial charge in [-0.1, -0.05) is 12.8 Å². The van der Waals surface area contributed by atoms with E-state index in [1.807, 2.05) is 0 Å². The third-order valence-electron chi connectivity index (χ3n) is 2.93. The summed E-state index contributed by atoms with van der Waals surface area (Å²) in [6.45, 7) is 0. The maximum Gasteiger partial charge on any atom is 0.214 e. The molecule has 4 heteroatoms. The maximum absolute atomic E-state index is 11.5. The summed E-state index contributed by atoms with van der Waals surface area (Å²) in [5.74, 6) is 0. The molecule has 0 bridgehead atoms. The molecule has 0 saturated heterocycles. The van der Waals surface area contributed by atoms with Crippen molar-refractivity contribution in [3.63, 3.8) is 0 Å². The van der Waals surface area contributed by atoms with Crippen LogP contribution in [0.5, 0.6) is 0 Å². The van der Waals surface area contributed by atoms with Crippen LogP contribution in [0.4, 0.5) is 0 Å². The zero-order chi connectivity index (χ0) is 8.60. The van der Waals surface area contributed by atoms with E-state index in [9.17, 15) is 8.42 Å². The Hall–Kier alpha value is -0.0900. The van der Waals surface area contributed by atoms with Crippen molar-refractivity contribution in [2.75, 3.05) is 0 Å². The lowest BCUT2D eigenvalue weighted by molar-refractivity contribution is 0.374. The minimum atomic E-state index is -2.93. The van der Waals surface area contributed by atoms with E-state index in [0.29, 0.717) is 0 Å². The van der Waals surface area contributed by atoms with Crippen molar-refractivity contribution in [3.05, 3.63) is 0 Å². The van der Waals surface area contributed by atoms with Crippen LogP contribution in [0.3, 0.4) is 0 Å². The molecule has 2 rings (SSSR count). The minimum absolute atomic E-state index is 0.0712. The van der Waals surface area contributed by atoms with Gasteiger partial charge in [-0.15, -0.1) is 0 Å². The van der Waals surface area contributed by atoms with E-state index in [2.05, 4.69) is 4.72 Å². The van der Waals surface area contributed by atoms with Gasteiger partial charge in [-0.05, 0) is 25.7 Å². The molecule has 0 aromatic heterocycles. The smallest absolute Gasteiger partial charge is 0.212 e. The van der Waals surface area contributed by atoms with E-state index in [0.717, 1.165) is 32.1 Å². The van der Waals surface area contributed by atoms with Gasteiger partial charge >= 0.3 is 0 Å². The summed E-state index contributed by atoms with van der Waals surface area (Å²) in [5.41, 5.74) is 0. The largest absolute Gasteiger partial charge is 0.214 e. The first-order valence-corrected chi connectivity index (χ1v) is 6.24. The molecule has 3 nitrogen and oxygen atoms in total. The van der Waals surface area contributed by atoms with Gasteiger partial charge in [0.05, 0.1) is 5.25 Å². The van der Waals surface area contributed by atoms with Crippen LogP contribution in [-0.2, 0) is 10.0 Å². The average molecular weight is 189 g/mol. The molecule has 0 aromatic carbocycles. The van der Waals surface area contributed by atoms with Gasteiger partial charge in [-0.25, -0.2) is 13.1 Å². The predicted octanol–water partition coefficient (Wildman–Crippen LogP) is 1.01. The van der Waals surface area contributed by atoms with Gasteiger partial charge in [0, 0.05) is 6.04 Å². The maximum atomic E-state index is 11.5. The predicted molar refractivity (Wildman–Crippen MR) is 47.3 cm³/mol. The van der Waals surface area contributed by atoms with E-state index >= 15 is 0 Å². The van der Waals surface area contributed by atoms with Crippen molar-refractivity contribution in [3.8, 4) is 0 Å². The SMILES string of the molecule is O=S(=O)(NC1CCC1)C1CCC1. The summed E-state index contributed by atoms with van der Waals surface area (Å²) >= 11 is 0. The van der Waals surface area contributed by atoms with E-state index in [1.165, 1.54) is 6.42 Å². The summed E-state index contributed by atoms with van der Waals surface area (Å²) in [7, 11) is -2.93. The van der Waals surface area contributed by atoms with Crippen molar-refractivity contribution < 1.29 is 8.42 Å². The Bertz CT molecular complexity index is 252. The molecular formula is C8H15NO2S. The first kappa shape index (κ1) is 8.51. The number of hydrogen-bond donors (Lipinski definition) is 1. The summed E-state index contributed by atoms with van der Waals surface area (Å²) in [4.78, 5) is 0. The molecule has 0 heterocycles. The summed E-state index contributed by atoms with van der Waals surface area (Å²) in [5, 5.41) is -0.0712. The van der Waals surface area contributed by atoms with Gasteiger partial charge < -0.3 is 0 Å². The molecule has 0 aliphatic heterocycles. The number of rotatable bonds is 3. The Kier molecular flexibility index (Phi) is 2.12. The second-order valence-electron chi connectivity index (χ2n) is 3.84. The normalized spacial score (nSPS) is 26.3. The monoisotopic (exact) mass is 189 g/mol. The number of nitrogens with one attached hydrogen (secondary N) is 1. The van der Waals surface area contributed by atoms with Crippen molar-refractivity contribution in [1.82, 2.24) is 4.72 Å². The summed E-state index contributed by atoms with van der Waals surface area (Å²) in [6, 6.07) is 0.260. The molecule has 2 aliphatic rings. The lowest BCUT2D eigenvalue weighted by atomic mass is 9.94. The Morgan fingerprint density at radius 3 is 1.92 bits per heavy atom. The molecule has 2 fully saturated rings. The highest BCUT2D eigenvalue weighted by Crippen LogP contribution is 2.27. The molecule has 0 aromatic rings. The Morgan fingerprint density at radius 1 is 1.00 bits per heavy atom. The van der Waals surface area contributed by atoms with Crippen LogP contribution in [0.25, 0.3) is 0 Å². The number of sulfonamides is 1. The van der Waals surface area contributed by atoms with Crippen molar-refractivity contribution in [1.29, 1.82) is 0 Å². The molecular weight excluding hydrogens is 174 g/mol. The zero-order valence-electron chi connectivity index (χ0n) is 7.12. The van der Waals surface area contributed by atoms with Gasteiger partial charge in [-0.2, -0.15) is 0 Å². The van der Waals surface area contributed by atoms with Gasteiger partial charge in [0.15, 0.2) is 0 Å². The van der Waals surface area contributed by atoms with Crippen LogP contribution in [0.15, 0.2) is 0 Å². The minimum Gasteiger partial charge on any atom is -0.212 e. The van der Waals surface area contributed by atoms with Gasteiger partial charge in [0.2, 0.25) is 10.0 Å². The van der Waals surface area contributed by atoms with E-state index in [1.54, 1.807) is 0 Å². The highest BCUT2D eigenvalue weighted by molar-refractivity contribution is 7.90. The van der Waals surface area contributed by atoms with Gasteiger partial charge in [0.1, 0.15) is 0 Å². The van der Waals surface area contributed by atoms with Crippen LogP contribution in [-0.4, -0.2) is 19.7 Å². The topological polar surface area (TPSA) is 46.2 Å². The fraction of sp³-hybridized carbons (Fsp3) is 1.00. The Morgan fingerprint density at radius 2 is 1.58 bits per heavy atom. The molecule has 0 amide bonds. The van der Waals surface area contributed by atoms with Crippen molar-refractivity contribution in [2.24, 2.45) is 0 Å². The molecule has 70 valence electrons. The van der Waals surface area contributed by atoms with Gasteiger partial charge in [-0.3, -0.25) is 0 Å². The van der Waals surface area contributed by atoms with Crippen LogP contribution in [0, 0.1) is 0 Å². The van der Waals surface area contributed by atoms with Crippen LogP contribution in [0.2, 0.25) is 0 Å². The quantitative estimate of drug-likeness (QED) is 0.720. The molecule has 1 N–H and O–H groups in total. The Labute approximate surface area is 73.6 Å². The van der Waals surface area contributed by atoms with Gasteiger partial charge in [0.25, 0.3) is 0 Å². The van der Waals surface area contributed by atoms with E-state index in [4.69, 9.17) is 0 Å². The molecule has 0 atom stereocenters. The second-order valence-corrected chi connectivity index (χ2v) is 5.84. The highest BCUT2D eigenvalue weighted by atomic mass is 32.2.